The lowest BCUT2D eigenvalue weighted by Crippen LogP contribution is -2.42. The van der Waals surface area contributed by atoms with Crippen LogP contribution in [0.15, 0.2) is 54.9 Å². The highest BCUT2D eigenvalue weighted by Gasteiger charge is 2.23. The molecule has 132 valence electrons. The molecule has 1 fully saturated rings. The second-order valence-electron chi connectivity index (χ2n) is 6.86. The molecule has 4 nitrogen and oxygen atoms in total. The molecule has 1 amide bonds. The molecule has 2 heterocycles. The molecular weight excluding hydrogens is 310 g/mol. The molecule has 1 saturated heterocycles. The third kappa shape index (κ3) is 4.89. The Bertz CT molecular complexity index is 653. The Morgan fingerprint density at radius 2 is 1.80 bits per heavy atom. The van der Waals surface area contributed by atoms with Gasteiger partial charge in [-0.25, -0.2) is 0 Å². The number of nitrogens with one attached hydrogen (secondary N) is 1. The van der Waals surface area contributed by atoms with Gasteiger partial charge in [-0.3, -0.25) is 14.7 Å². The smallest absolute Gasteiger partial charge is 0.227 e. The van der Waals surface area contributed by atoms with Crippen LogP contribution in [-0.4, -0.2) is 41.5 Å². The van der Waals surface area contributed by atoms with Crippen molar-refractivity contribution in [2.75, 3.05) is 19.6 Å². The van der Waals surface area contributed by atoms with Crippen LogP contribution in [-0.2, 0) is 11.2 Å². The molecule has 2 aromatic rings. The van der Waals surface area contributed by atoms with Crippen LogP contribution in [0, 0.1) is 0 Å². The first-order chi connectivity index (χ1) is 12.2. The molecule has 1 N–H and O–H groups in total. The van der Waals surface area contributed by atoms with Crippen molar-refractivity contribution in [2.45, 2.75) is 38.1 Å². The maximum atomic E-state index is 12.9. The lowest BCUT2D eigenvalue weighted by Gasteiger charge is -2.25. The van der Waals surface area contributed by atoms with Crippen LogP contribution in [0.1, 0.15) is 36.8 Å². The first-order valence-electron chi connectivity index (χ1n) is 9.19. The zero-order chi connectivity index (χ0) is 17.5. The summed E-state index contributed by atoms with van der Waals surface area (Å²) in [4.78, 5) is 19.4. The van der Waals surface area contributed by atoms with Crippen LogP contribution in [0.2, 0.25) is 0 Å². The minimum absolute atomic E-state index is 0.106. The number of carbonyl (C=O) groups is 1. The fraction of sp³-hybridized carbons (Fsp3) is 0.429. The van der Waals surface area contributed by atoms with Gasteiger partial charge in [-0.1, -0.05) is 30.3 Å². The van der Waals surface area contributed by atoms with E-state index in [4.69, 9.17) is 0 Å². The molecule has 3 rings (SSSR count). The van der Waals surface area contributed by atoms with E-state index >= 15 is 0 Å². The van der Waals surface area contributed by atoms with Gasteiger partial charge < -0.3 is 5.32 Å². The zero-order valence-electron chi connectivity index (χ0n) is 14.9. The second-order valence-corrected chi connectivity index (χ2v) is 6.86. The topological polar surface area (TPSA) is 45.2 Å². The fourth-order valence-electron chi connectivity index (χ4n) is 3.48. The molecular formula is C21H27N3O. The molecule has 25 heavy (non-hydrogen) atoms. The van der Waals surface area contributed by atoms with E-state index in [1.54, 1.807) is 12.4 Å². The van der Waals surface area contributed by atoms with Crippen LogP contribution in [0.4, 0.5) is 0 Å². The van der Waals surface area contributed by atoms with Gasteiger partial charge in [0.1, 0.15) is 0 Å². The van der Waals surface area contributed by atoms with Gasteiger partial charge in [-0.05, 0) is 62.5 Å². The molecule has 1 aromatic heterocycles. The molecule has 0 aliphatic carbocycles. The summed E-state index contributed by atoms with van der Waals surface area (Å²) in [6.07, 6.45) is 6.80. The Balaban J connectivity index is 1.66. The largest absolute Gasteiger partial charge is 0.354 e. The Labute approximate surface area is 150 Å². The van der Waals surface area contributed by atoms with Crippen molar-refractivity contribution in [2.24, 2.45) is 0 Å². The summed E-state index contributed by atoms with van der Waals surface area (Å²) in [6.45, 7) is 5.21. The zero-order valence-corrected chi connectivity index (χ0v) is 14.9. The van der Waals surface area contributed by atoms with Gasteiger partial charge in [0.25, 0.3) is 0 Å². The maximum Gasteiger partial charge on any atom is 0.227 e. The van der Waals surface area contributed by atoms with Gasteiger partial charge in [0.2, 0.25) is 5.91 Å². The lowest BCUT2D eigenvalue weighted by molar-refractivity contribution is -0.122. The van der Waals surface area contributed by atoms with Gasteiger partial charge >= 0.3 is 0 Å². The molecule has 1 aliphatic heterocycles. The van der Waals surface area contributed by atoms with Crippen molar-refractivity contribution in [3.63, 3.8) is 0 Å². The summed E-state index contributed by atoms with van der Waals surface area (Å²) >= 11 is 0. The van der Waals surface area contributed by atoms with Crippen LogP contribution < -0.4 is 5.32 Å². The number of hydrogen-bond donors (Lipinski definition) is 1. The number of carbonyl (C=O) groups excluding carboxylic acids is 1. The number of likely N-dealkylation sites (tertiary alicyclic amines) is 1. The highest BCUT2D eigenvalue weighted by Crippen LogP contribution is 2.21. The van der Waals surface area contributed by atoms with E-state index in [0.29, 0.717) is 19.0 Å². The molecule has 0 radical (unpaired) electrons. The minimum atomic E-state index is -0.172. The number of hydrogen-bond acceptors (Lipinski definition) is 3. The molecule has 0 spiro atoms. The summed E-state index contributed by atoms with van der Waals surface area (Å²) in [7, 11) is 0. The molecule has 2 atom stereocenters. The van der Waals surface area contributed by atoms with Crippen LogP contribution in [0.25, 0.3) is 0 Å². The predicted octanol–water partition coefficient (Wildman–Crippen LogP) is 3.01. The SMILES string of the molecule is CC(CNC(=O)C(Cc1ccncc1)c1ccccc1)N1CCCC1. The first kappa shape index (κ1) is 17.6. The number of pyridine rings is 1. The van der Waals surface area contributed by atoms with E-state index in [2.05, 4.69) is 22.1 Å². The highest BCUT2D eigenvalue weighted by atomic mass is 16.1. The predicted molar refractivity (Wildman–Crippen MR) is 100 cm³/mol. The molecule has 1 aliphatic rings. The van der Waals surface area contributed by atoms with Crippen molar-refractivity contribution in [3.8, 4) is 0 Å². The quantitative estimate of drug-likeness (QED) is 0.845. The van der Waals surface area contributed by atoms with Crippen LogP contribution >= 0.6 is 0 Å². The summed E-state index contributed by atoms with van der Waals surface area (Å²) in [5.41, 5.74) is 2.19. The minimum Gasteiger partial charge on any atom is -0.354 e. The van der Waals surface area contributed by atoms with E-state index in [-0.39, 0.29) is 11.8 Å². The van der Waals surface area contributed by atoms with Gasteiger partial charge in [0.05, 0.1) is 5.92 Å². The van der Waals surface area contributed by atoms with E-state index in [1.807, 2.05) is 42.5 Å². The molecule has 4 heteroatoms. The van der Waals surface area contributed by atoms with E-state index in [1.165, 1.54) is 12.8 Å². The lowest BCUT2D eigenvalue weighted by atomic mass is 9.91. The van der Waals surface area contributed by atoms with Crippen molar-refractivity contribution in [1.29, 1.82) is 0 Å². The average Bonchev–Trinajstić information content (AvgIpc) is 3.20. The Hall–Kier alpha value is -2.20. The molecule has 0 saturated carbocycles. The van der Waals surface area contributed by atoms with Gasteiger partial charge in [0.15, 0.2) is 0 Å². The molecule has 0 bridgehead atoms. The highest BCUT2D eigenvalue weighted by molar-refractivity contribution is 5.84. The standard InChI is InChI=1S/C21H27N3O/c1-17(24-13-5-6-14-24)16-23-21(25)20(19-7-3-2-4-8-19)15-18-9-11-22-12-10-18/h2-4,7-12,17,20H,5-6,13-16H2,1H3,(H,23,25). The number of benzene rings is 1. The number of aromatic nitrogens is 1. The number of nitrogens with zero attached hydrogens (tertiary/aromatic N) is 2. The van der Waals surface area contributed by atoms with Crippen molar-refractivity contribution in [3.05, 3.63) is 66.0 Å². The van der Waals surface area contributed by atoms with Crippen LogP contribution in [0.3, 0.4) is 0 Å². The normalized spacial score (nSPS) is 17.2. The van der Waals surface area contributed by atoms with Crippen molar-refractivity contribution < 1.29 is 4.79 Å². The average molecular weight is 337 g/mol. The van der Waals surface area contributed by atoms with Crippen molar-refractivity contribution >= 4 is 5.91 Å². The summed E-state index contributed by atoms with van der Waals surface area (Å²) in [6, 6.07) is 14.4. The van der Waals surface area contributed by atoms with E-state index < -0.39 is 0 Å². The third-order valence-corrected chi connectivity index (χ3v) is 5.04. The van der Waals surface area contributed by atoms with Gasteiger partial charge in [-0.2, -0.15) is 0 Å². The second kappa shape index (κ2) is 8.77. The first-order valence-corrected chi connectivity index (χ1v) is 9.19. The number of rotatable bonds is 7. The Morgan fingerprint density at radius 3 is 2.48 bits per heavy atom. The fourth-order valence-corrected chi connectivity index (χ4v) is 3.48. The van der Waals surface area contributed by atoms with Gasteiger partial charge in [-0.15, -0.1) is 0 Å². The Kier molecular flexibility index (Phi) is 6.18. The summed E-state index contributed by atoms with van der Waals surface area (Å²) in [5.74, 6) is -0.0663. The van der Waals surface area contributed by atoms with Crippen molar-refractivity contribution in [1.82, 2.24) is 15.2 Å². The molecule has 1 aromatic carbocycles. The number of amides is 1. The van der Waals surface area contributed by atoms with E-state index in [9.17, 15) is 4.79 Å². The summed E-state index contributed by atoms with van der Waals surface area (Å²) < 4.78 is 0. The maximum absolute atomic E-state index is 12.9. The monoisotopic (exact) mass is 337 g/mol. The van der Waals surface area contributed by atoms with E-state index in [0.717, 1.165) is 24.2 Å². The summed E-state index contributed by atoms with van der Waals surface area (Å²) in [5, 5.41) is 3.18. The Morgan fingerprint density at radius 1 is 1.12 bits per heavy atom. The van der Waals surface area contributed by atoms with Gasteiger partial charge in [0, 0.05) is 25.0 Å². The van der Waals surface area contributed by atoms with Crippen LogP contribution in [0.5, 0.6) is 0 Å². The molecule has 2 unspecified atom stereocenters. The third-order valence-electron chi connectivity index (χ3n) is 5.04.